The zero-order chi connectivity index (χ0) is 23.8. The Hall–Kier alpha value is -2.57. The number of anilines is 2. The van der Waals surface area contributed by atoms with Crippen LogP contribution in [0.25, 0.3) is 11.3 Å². The van der Waals surface area contributed by atoms with E-state index in [4.69, 9.17) is 23.2 Å². The van der Waals surface area contributed by atoms with Crippen LogP contribution in [0.1, 0.15) is 0 Å². The molecule has 0 unspecified atom stereocenters. The van der Waals surface area contributed by atoms with E-state index >= 15 is 0 Å². The number of aromatic nitrogens is 2. The summed E-state index contributed by atoms with van der Waals surface area (Å²) in [5.41, 5.74) is 1.23. The lowest BCUT2D eigenvalue weighted by Gasteiger charge is -2.16. The zero-order valence-corrected chi connectivity index (χ0v) is 20.8. The van der Waals surface area contributed by atoms with E-state index in [1.165, 1.54) is 30.3 Å². The molecular weight excluding hydrogens is 527 g/mol. The van der Waals surface area contributed by atoms with E-state index in [2.05, 4.69) is 14.5 Å². The lowest BCUT2D eigenvalue weighted by Crippen LogP contribution is -2.17. The molecule has 172 valence electrons. The first-order valence-electron chi connectivity index (χ1n) is 9.23. The van der Waals surface area contributed by atoms with E-state index in [9.17, 15) is 16.8 Å². The van der Waals surface area contributed by atoms with Gasteiger partial charge in [0.05, 0.1) is 32.0 Å². The van der Waals surface area contributed by atoms with E-state index in [1.807, 2.05) is 0 Å². The van der Waals surface area contributed by atoms with Crippen molar-refractivity contribution in [2.45, 2.75) is 9.10 Å². The molecule has 8 nitrogen and oxygen atoms in total. The van der Waals surface area contributed by atoms with Crippen molar-refractivity contribution in [3.8, 4) is 11.3 Å². The highest BCUT2D eigenvalue weighted by atomic mass is 35.5. The molecule has 33 heavy (non-hydrogen) atoms. The molecule has 13 heteroatoms. The van der Waals surface area contributed by atoms with E-state index < -0.39 is 20.0 Å². The van der Waals surface area contributed by atoms with Crippen molar-refractivity contribution in [2.24, 2.45) is 7.05 Å². The van der Waals surface area contributed by atoms with Gasteiger partial charge in [0, 0.05) is 18.8 Å². The zero-order valence-electron chi connectivity index (χ0n) is 16.9. The van der Waals surface area contributed by atoms with Gasteiger partial charge in [-0.05, 0) is 41.8 Å². The van der Waals surface area contributed by atoms with Gasteiger partial charge in [0.25, 0.3) is 20.0 Å². The summed E-state index contributed by atoms with van der Waals surface area (Å²) in [5.74, 6) is 0. The van der Waals surface area contributed by atoms with Crippen molar-refractivity contribution in [1.82, 2.24) is 9.78 Å². The molecule has 2 aromatic heterocycles. The third kappa shape index (κ3) is 5.02. The average molecular weight is 543 g/mol. The molecule has 0 aliphatic heterocycles. The number of nitrogens with zero attached hydrogens (tertiary/aromatic N) is 2. The molecule has 2 aromatic carbocycles. The fourth-order valence-electron chi connectivity index (χ4n) is 3.01. The molecule has 0 saturated heterocycles. The fraction of sp³-hybridized carbons (Fsp3) is 0.0500. The van der Waals surface area contributed by atoms with Crippen molar-refractivity contribution in [3.63, 3.8) is 0 Å². The summed E-state index contributed by atoms with van der Waals surface area (Å²) in [5, 5.41) is 5.82. The van der Waals surface area contributed by atoms with Gasteiger partial charge in [0.15, 0.2) is 0 Å². The SMILES string of the molecule is Cn1nccc1-c1cccc(S(=O)(=O)Nc2cc(Cl)c(Cl)cc2NS(=O)(=O)c2cccs2)c1. The molecule has 0 saturated carbocycles. The lowest BCUT2D eigenvalue weighted by atomic mass is 10.1. The maximum Gasteiger partial charge on any atom is 0.271 e. The molecule has 4 rings (SSSR count). The second kappa shape index (κ2) is 8.99. The Balaban J connectivity index is 1.72. The van der Waals surface area contributed by atoms with Crippen LogP contribution in [0.4, 0.5) is 11.4 Å². The monoisotopic (exact) mass is 542 g/mol. The van der Waals surface area contributed by atoms with Gasteiger partial charge in [-0.1, -0.05) is 41.4 Å². The highest BCUT2D eigenvalue weighted by Crippen LogP contribution is 2.36. The van der Waals surface area contributed by atoms with Crippen LogP contribution in [0.5, 0.6) is 0 Å². The number of rotatable bonds is 7. The number of hydrogen-bond acceptors (Lipinski definition) is 6. The van der Waals surface area contributed by atoms with Gasteiger partial charge in [-0.2, -0.15) is 5.10 Å². The van der Waals surface area contributed by atoms with Gasteiger partial charge in [-0.3, -0.25) is 14.1 Å². The molecule has 0 amide bonds. The summed E-state index contributed by atoms with van der Waals surface area (Å²) < 4.78 is 58.2. The van der Waals surface area contributed by atoms with Crippen molar-refractivity contribution < 1.29 is 16.8 Å². The molecule has 0 aliphatic carbocycles. The topological polar surface area (TPSA) is 110 Å². The summed E-state index contributed by atoms with van der Waals surface area (Å²) in [7, 11) is -6.33. The Kier molecular flexibility index (Phi) is 6.43. The van der Waals surface area contributed by atoms with Crippen LogP contribution >= 0.6 is 34.5 Å². The first-order valence-corrected chi connectivity index (χ1v) is 13.8. The van der Waals surface area contributed by atoms with Crippen LogP contribution < -0.4 is 9.44 Å². The Morgan fingerprint density at radius 3 is 2.12 bits per heavy atom. The van der Waals surface area contributed by atoms with E-state index in [0.717, 1.165) is 17.0 Å². The number of sulfonamides is 2. The highest BCUT2D eigenvalue weighted by molar-refractivity contribution is 7.94. The van der Waals surface area contributed by atoms with Crippen molar-refractivity contribution >= 4 is 66.0 Å². The predicted octanol–water partition coefficient (Wildman–Crippen LogP) is 5.06. The minimum Gasteiger partial charge on any atom is -0.277 e. The number of nitrogens with one attached hydrogen (secondary N) is 2. The van der Waals surface area contributed by atoms with Gasteiger partial charge < -0.3 is 0 Å². The van der Waals surface area contributed by atoms with Crippen molar-refractivity contribution in [3.05, 3.63) is 76.2 Å². The van der Waals surface area contributed by atoms with Gasteiger partial charge in [0.1, 0.15) is 4.21 Å². The summed E-state index contributed by atoms with van der Waals surface area (Å²) in [4.78, 5) is -0.0284. The fourth-order valence-corrected chi connectivity index (χ4v) is 6.52. The minimum atomic E-state index is -4.11. The van der Waals surface area contributed by atoms with Crippen LogP contribution in [-0.2, 0) is 27.1 Å². The molecule has 0 spiro atoms. The molecule has 0 fully saturated rings. The van der Waals surface area contributed by atoms with Gasteiger partial charge >= 0.3 is 0 Å². The number of hydrogen-bond donors (Lipinski definition) is 2. The number of benzene rings is 2. The Morgan fingerprint density at radius 1 is 0.879 bits per heavy atom. The summed E-state index contributed by atoms with van der Waals surface area (Å²) in [6, 6.07) is 13.6. The maximum absolute atomic E-state index is 13.2. The second-order valence-electron chi connectivity index (χ2n) is 6.82. The average Bonchev–Trinajstić information content (AvgIpc) is 3.44. The quantitative estimate of drug-likeness (QED) is 0.339. The first-order chi connectivity index (χ1) is 15.6. The van der Waals surface area contributed by atoms with Crippen molar-refractivity contribution in [1.29, 1.82) is 0 Å². The largest absolute Gasteiger partial charge is 0.277 e. The molecule has 0 radical (unpaired) electrons. The minimum absolute atomic E-state index is 0.0284. The third-order valence-corrected chi connectivity index (χ3v) is 9.42. The number of aryl methyl sites for hydroxylation is 1. The highest BCUT2D eigenvalue weighted by Gasteiger charge is 2.22. The smallest absolute Gasteiger partial charge is 0.271 e. The van der Waals surface area contributed by atoms with E-state index in [0.29, 0.717) is 5.56 Å². The molecule has 2 N–H and O–H groups in total. The lowest BCUT2D eigenvalue weighted by molar-refractivity contribution is 0.599. The first kappa shape index (κ1) is 23.6. The predicted molar refractivity (Wildman–Crippen MR) is 131 cm³/mol. The third-order valence-electron chi connectivity index (χ3n) is 4.57. The van der Waals surface area contributed by atoms with E-state index in [1.54, 1.807) is 47.6 Å². The van der Waals surface area contributed by atoms with E-state index in [-0.39, 0.29) is 30.5 Å². The molecule has 0 aliphatic rings. The number of halogens is 2. The van der Waals surface area contributed by atoms with Crippen LogP contribution in [-0.4, -0.2) is 26.6 Å². The second-order valence-corrected chi connectivity index (χ2v) is 12.2. The number of thiophene rings is 1. The summed E-state index contributed by atoms with van der Waals surface area (Å²) >= 11 is 13.2. The standard InChI is InChI=1S/C20H16Cl2N4O4S3/c1-26-19(7-8-23-26)13-4-2-5-14(10-13)32(27,28)24-17-11-15(21)16(22)12-18(17)25-33(29,30)20-6-3-9-31-20/h2-12,24-25H,1H3. The van der Waals surface area contributed by atoms with Crippen LogP contribution in [0.15, 0.2) is 75.3 Å². The van der Waals surface area contributed by atoms with Crippen LogP contribution in [0.3, 0.4) is 0 Å². The van der Waals surface area contributed by atoms with Gasteiger partial charge in [-0.25, -0.2) is 16.8 Å². The molecule has 0 bridgehead atoms. The van der Waals surface area contributed by atoms with Gasteiger partial charge in [0.2, 0.25) is 0 Å². The normalized spacial score (nSPS) is 12.0. The molecule has 2 heterocycles. The van der Waals surface area contributed by atoms with Crippen LogP contribution in [0, 0.1) is 0 Å². The van der Waals surface area contributed by atoms with Crippen LogP contribution in [0.2, 0.25) is 10.0 Å². The maximum atomic E-state index is 13.2. The Labute approximate surface area is 204 Å². The summed E-state index contributed by atoms with van der Waals surface area (Å²) in [6.07, 6.45) is 1.61. The summed E-state index contributed by atoms with van der Waals surface area (Å²) in [6.45, 7) is 0. The molecular formula is C20H16Cl2N4O4S3. The molecule has 4 aromatic rings. The Morgan fingerprint density at radius 2 is 1.55 bits per heavy atom. The van der Waals surface area contributed by atoms with Crippen molar-refractivity contribution in [2.75, 3.05) is 9.44 Å². The Bertz CT molecular complexity index is 1530. The molecule has 0 atom stereocenters. The van der Waals surface area contributed by atoms with Gasteiger partial charge in [-0.15, -0.1) is 11.3 Å².